The number of aliphatic hydroxyl groups is 3. The molecule has 0 radical (unpaired) electrons. The van der Waals surface area contributed by atoms with Gasteiger partial charge in [0.05, 0.1) is 6.10 Å². The van der Waals surface area contributed by atoms with Gasteiger partial charge in [-0.15, -0.1) is 0 Å². The first-order valence-corrected chi connectivity index (χ1v) is 16.2. The lowest BCUT2D eigenvalue weighted by Crippen LogP contribution is -2.57. The number of hydrogen-bond donors (Lipinski definition) is 4. The maximum atomic E-state index is 12.9. The summed E-state index contributed by atoms with van der Waals surface area (Å²) in [6.45, 7) is 13.1. The van der Waals surface area contributed by atoms with Crippen molar-refractivity contribution in [3.63, 3.8) is 0 Å². The van der Waals surface area contributed by atoms with Crippen molar-refractivity contribution in [1.82, 2.24) is 10.2 Å². The van der Waals surface area contributed by atoms with Crippen molar-refractivity contribution in [2.75, 3.05) is 26.7 Å². The molecular weight excluding hydrogens is 504 g/mol. The minimum Gasteiger partial charge on any atom is -0.445 e. The Morgan fingerprint density at radius 2 is 1.90 bits per heavy atom. The van der Waals surface area contributed by atoms with Gasteiger partial charge in [0.2, 0.25) is 0 Å². The Morgan fingerprint density at radius 3 is 2.60 bits per heavy atom. The van der Waals surface area contributed by atoms with E-state index in [-0.39, 0.29) is 18.1 Å². The average Bonchev–Trinajstić information content (AvgIpc) is 3.21. The number of rotatable bonds is 11. The molecule has 230 valence electrons. The van der Waals surface area contributed by atoms with Gasteiger partial charge < -0.3 is 25.4 Å². The predicted molar refractivity (Wildman–Crippen MR) is 158 cm³/mol. The molecule has 0 spiro atoms. The summed E-state index contributed by atoms with van der Waals surface area (Å²) in [7, 11) is 1.78. The van der Waals surface area contributed by atoms with Crippen LogP contribution < -0.4 is 5.32 Å². The minimum absolute atomic E-state index is 0.124. The van der Waals surface area contributed by atoms with Crippen LogP contribution in [0, 0.1) is 46.3 Å². The van der Waals surface area contributed by atoms with Gasteiger partial charge >= 0.3 is 6.09 Å². The number of amides is 1. The van der Waals surface area contributed by atoms with Crippen molar-refractivity contribution in [2.45, 2.75) is 117 Å². The third-order valence-corrected chi connectivity index (χ3v) is 11.8. The molecule has 4 N–H and O–H groups in total. The zero-order chi connectivity index (χ0) is 29.2. The summed E-state index contributed by atoms with van der Waals surface area (Å²) in [4.78, 5) is 14.7. The number of fused-ring (bicyclic) bond motifs is 5. The van der Waals surface area contributed by atoms with Crippen LogP contribution in [-0.4, -0.2) is 71.5 Å². The fraction of sp³-hybridized carbons (Fsp3) is 0.909. The van der Waals surface area contributed by atoms with Gasteiger partial charge in [0.25, 0.3) is 0 Å². The van der Waals surface area contributed by atoms with Crippen LogP contribution in [0.5, 0.6) is 0 Å². The molecule has 0 saturated heterocycles. The fourth-order valence-corrected chi connectivity index (χ4v) is 9.76. The first-order chi connectivity index (χ1) is 18.9. The predicted octanol–water partition coefficient (Wildman–Crippen LogP) is 5.34. The second-order valence-corrected chi connectivity index (χ2v) is 14.8. The number of hydrogen-bond acceptors (Lipinski definition) is 6. The number of carbonyl (C=O) groups is 1. The van der Waals surface area contributed by atoms with Crippen LogP contribution in [0.15, 0.2) is 11.6 Å². The van der Waals surface area contributed by atoms with E-state index in [1.54, 1.807) is 11.9 Å². The minimum atomic E-state index is -1.40. The van der Waals surface area contributed by atoms with Crippen LogP contribution >= 0.6 is 0 Å². The van der Waals surface area contributed by atoms with Crippen LogP contribution in [0.4, 0.5) is 4.79 Å². The largest absolute Gasteiger partial charge is 0.445 e. The van der Waals surface area contributed by atoms with E-state index in [4.69, 9.17) is 14.9 Å². The molecule has 0 aromatic carbocycles. The highest BCUT2D eigenvalue weighted by atomic mass is 16.6. The highest BCUT2D eigenvalue weighted by Gasteiger charge is 2.61. The molecule has 0 aromatic heterocycles. The molecule has 0 aromatic rings. The number of aliphatic hydroxyl groups excluding tert-OH is 2. The molecule has 40 heavy (non-hydrogen) atoms. The molecule has 4 rings (SSSR count). The van der Waals surface area contributed by atoms with E-state index in [1.165, 1.54) is 50.5 Å². The lowest BCUT2D eigenvalue weighted by Gasteiger charge is -2.60. The number of allylic oxidation sites excluding steroid dienone is 1. The molecule has 1 amide bonds. The lowest BCUT2D eigenvalue weighted by molar-refractivity contribution is -0.110. The van der Waals surface area contributed by atoms with E-state index in [2.05, 4.69) is 46.0 Å². The van der Waals surface area contributed by atoms with E-state index in [1.807, 2.05) is 0 Å². The molecular formula is C33H58N2O5. The van der Waals surface area contributed by atoms with E-state index in [0.717, 1.165) is 30.1 Å². The monoisotopic (exact) mass is 562 g/mol. The van der Waals surface area contributed by atoms with Crippen molar-refractivity contribution in [1.29, 1.82) is 0 Å². The number of carbonyl (C=O) groups excluding carboxylic acids is 1. The molecule has 4 aliphatic carbocycles. The Bertz CT molecular complexity index is 892. The molecule has 0 aliphatic heterocycles. The van der Waals surface area contributed by atoms with Crippen molar-refractivity contribution in [3.05, 3.63) is 11.6 Å². The zero-order valence-electron chi connectivity index (χ0n) is 26.1. The number of nitrogens with one attached hydrogen (secondary N) is 1. The van der Waals surface area contributed by atoms with Gasteiger partial charge in [-0.25, -0.2) is 4.79 Å². The summed E-state index contributed by atoms with van der Waals surface area (Å²) in [5, 5.41) is 31.9. The molecule has 7 heteroatoms. The second kappa shape index (κ2) is 13.0. The van der Waals surface area contributed by atoms with Crippen LogP contribution in [0.3, 0.4) is 0 Å². The van der Waals surface area contributed by atoms with E-state index < -0.39 is 18.5 Å². The van der Waals surface area contributed by atoms with Crippen molar-refractivity contribution < 1.29 is 24.9 Å². The molecule has 4 aliphatic rings. The normalized spacial score (nSPS) is 38.0. The SMILES string of the molecule is CC(C)CCC[C@@H](C)[C@H]1CC[C@H]2[C@@H]3CC=C4C[C@@H](O)CC(OC(=O)NCCN(C)CC(O)O)[C@]4(C)[C@H]3CC[C@]12C. The Labute approximate surface area is 243 Å². The lowest BCUT2D eigenvalue weighted by atomic mass is 9.46. The van der Waals surface area contributed by atoms with Gasteiger partial charge in [-0.05, 0) is 86.5 Å². The fourth-order valence-electron chi connectivity index (χ4n) is 9.76. The van der Waals surface area contributed by atoms with Crippen LogP contribution in [0.1, 0.15) is 98.8 Å². The van der Waals surface area contributed by atoms with E-state index in [9.17, 15) is 9.90 Å². The molecule has 9 atom stereocenters. The topological polar surface area (TPSA) is 102 Å². The van der Waals surface area contributed by atoms with Gasteiger partial charge in [0.1, 0.15) is 6.10 Å². The van der Waals surface area contributed by atoms with Crippen molar-refractivity contribution in [2.24, 2.45) is 46.3 Å². The van der Waals surface area contributed by atoms with Gasteiger partial charge in [0, 0.05) is 31.5 Å². The maximum Gasteiger partial charge on any atom is 0.407 e. The van der Waals surface area contributed by atoms with Crippen LogP contribution in [0.25, 0.3) is 0 Å². The summed E-state index contributed by atoms with van der Waals surface area (Å²) in [6, 6.07) is 0. The summed E-state index contributed by atoms with van der Waals surface area (Å²) in [5.74, 6) is 4.18. The third kappa shape index (κ3) is 6.58. The van der Waals surface area contributed by atoms with Crippen LogP contribution in [-0.2, 0) is 4.74 Å². The molecule has 0 bridgehead atoms. The van der Waals surface area contributed by atoms with Gasteiger partial charge in [-0.2, -0.15) is 0 Å². The summed E-state index contributed by atoms with van der Waals surface area (Å²) < 4.78 is 6.14. The van der Waals surface area contributed by atoms with Crippen molar-refractivity contribution >= 4 is 6.09 Å². The van der Waals surface area contributed by atoms with Gasteiger partial charge in [-0.1, -0.05) is 65.5 Å². The standard InChI is InChI=1S/C33H58N2O5/c1-21(2)8-7-9-22(3)26-12-13-27-25-11-10-23-18-24(36)19-29(33(23,5)28(25)14-15-32(26,27)4)40-31(39)34-16-17-35(6)20-30(37)38/h10,21-22,24-30,36-38H,7-9,11-20H2,1-6H3,(H,34,39)/t22-,24-,25+,26-,27+,28+,29?,32-,33+/m1/s1. The zero-order valence-corrected chi connectivity index (χ0v) is 26.1. The summed E-state index contributed by atoms with van der Waals surface area (Å²) in [6.07, 6.45) is 11.1. The van der Waals surface area contributed by atoms with E-state index in [0.29, 0.717) is 43.2 Å². The molecule has 1 unspecified atom stereocenters. The van der Waals surface area contributed by atoms with Gasteiger partial charge in [0.15, 0.2) is 6.29 Å². The number of nitrogens with zero attached hydrogens (tertiary/aromatic N) is 1. The quantitative estimate of drug-likeness (QED) is 0.200. The van der Waals surface area contributed by atoms with Gasteiger partial charge in [-0.3, -0.25) is 4.90 Å². The number of likely N-dealkylation sites (N-methyl/N-ethyl adjacent to an activating group) is 1. The third-order valence-electron chi connectivity index (χ3n) is 11.8. The maximum absolute atomic E-state index is 12.9. The Kier molecular flexibility index (Phi) is 10.3. The second-order valence-electron chi connectivity index (χ2n) is 14.8. The Morgan fingerprint density at radius 1 is 1.15 bits per heavy atom. The summed E-state index contributed by atoms with van der Waals surface area (Å²) >= 11 is 0. The van der Waals surface area contributed by atoms with Crippen molar-refractivity contribution in [3.8, 4) is 0 Å². The molecule has 0 heterocycles. The van der Waals surface area contributed by atoms with Crippen LogP contribution in [0.2, 0.25) is 0 Å². The Balaban J connectivity index is 1.44. The highest BCUT2D eigenvalue weighted by Crippen LogP contribution is 2.67. The smallest absolute Gasteiger partial charge is 0.407 e. The first-order valence-electron chi connectivity index (χ1n) is 16.2. The Hall–Kier alpha value is -1.15. The molecule has 3 saturated carbocycles. The molecule has 7 nitrogen and oxygen atoms in total. The van der Waals surface area contributed by atoms with E-state index >= 15 is 0 Å². The first kappa shape index (κ1) is 31.8. The number of alkyl carbamates (subject to hydrolysis) is 1. The average molecular weight is 563 g/mol. The summed E-state index contributed by atoms with van der Waals surface area (Å²) in [5.41, 5.74) is 1.46. The molecule has 3 fully saturated rings. The highest BCUT2D eigenvalue weighted by molar-refractivity contribution is 5.67. The number of ether oxygens (including phenoxy) is 1.